The van der Waals surface area contributed by atoms with Gasteiger partial charge in [0, 0.05) is 25.6 Å². The van der Waals surface area contributed by atoms with E-state index in [1.165, 1.54) is 0 Å². The van der Waals surface area contributed by atoms with Crippen LogP contribution >= 0.6 is 0 Å². The zero-order valence-electron chi connectivity index (χ0n) is 12.6. The first kappa shape index (κ1) is 15.6. The molecular weight excluding hydrogens is 262 g/mol. The Kier molecular flexibility index (Phi) is 5.85. The second-order valence-corrected chi connectivity index (χ2v) is 5.69. The predicted molar refractivity (Wildman–Crippen MR) is 84.8 cm³/mol. The van der Waals surface area contributed by atoms with Gasteiger partial charge in [0.05, 0.1) is 0 Å². The van der Waals surface area contributed by atoms with Gasteiger partial charge >= 0.3 is 0 Å². The highest BCUT2D eigenvalue weighted by molar-refractivity contribution is 6.16. The Balaban J connectivity index is 1.93. The van der Waals surface area contributed by atoms with E-state index in [-0.39, 0.29) is 17.5 Å². The average molecular weight is 285 g/mol. The third-order valence-corrected chi connectivity index (χ3v) is 4.01. The Bertz CT molecular complexity index is 489. The Labute approximate surface area is 126 Å². The number of hydrogen-bond acceptors (Lipinski definition) is 3. The molecule has 112 valence electrons. The van der Waals surface area contributed by atoms with E-state index in [1.807, 2.05) is 30.3 Å². The maximum Gasteiger partial charge on any atom is 0.149 e. The van der Waals surface area contributed by atoms with Crippen molar-refractivity contribution in [3.63, 3.8) is 0 Å². The molecule has 1 aromatic carbocycles. The molecule has 0 aromatic heterocycles. The molecule has 1 saturated carbocycles. The van der Waals surface area contributed by atoms with Crippen molar-refractivity contribution in [3.8, 4) is 0 Å². The number of carbonyl (C=O) groups is 2. The molecule has 21 heavy (non-hydrogen) atoms. The second kappa shape index (κ2) is 7.87. The minimum atomic E-state index is -0.605. The highest BCUT2D eigenvalue weighted by atomic mass is 16.2. The van der Waals surface area contributed by atoms with Gasteiger partial charge in [-0.15, -0.1) is 0 Å². The van der Waals surface area contributed by atoms with Gasteiger partial charge in [-0.3, -0.25) is 14.6 Å². The molecule has 3 heteroatoms. The summed E-state index contributed by atoms with van der Waals surface area (Å²) in [5.74, 6) is -0.541. The fourth-order valence-corrected chi connectivity index (χ4v) is 2.75. The van der Waals surface area contributed by atoms with Gasteiger partial charge < -0.3 is 0 Å². The summed E-state index contributed by atoms with van der Waals surface area (Å²) in [6.45, 7) is 2.86. The van der Waals surface area contributed by atoms with Crippen molar-refractivity contribution in [1.82, 2.24) is 0 Å². The van der Waals surface area contributed by atoms with Crippen molar-refractivity contribution in [1.29, 1.82) is 0 Å². The largest absolute Gasteiger partial charge is 0.298 e. The fourth-order valence-electron chi connectivity index (χ4n) is 2.75. The van der Waals surface area contributed by atoms with E-state index in [4.69, 9.17) is 0 Å². The van der Waals surface area contributed by atoms with Gasteiger partial charge in [-0.05, 0) is 17.9 Å². The summed E-state index contributed by atoms with van der Waals surface area (Å²) < 4.78 is 0. The van der Waals surface area contributed by atoms with Gasteiger partial charge in [0.25, 0.3) is 0 Å². The topological polar surface area (TPSA) is 46.5 Å². The average Bonchev–Trinajstić information content (AvgIpc) is 2.50. The quantitative estimate of drug-likeness (QED) is 0.455. The lowest BCUT2D eigenvalue weighted by Crippen LogP contribution is -2.33. The zero-order chi connectivity index (χ0) is 15.1. The van der Waals surface area contributed by atoms with Crippen LogP contribution in [0.4, 0.5) is 0 Å². The molecule has 0 saturated heterocycles. The molecule has 2 rings (SSSR count). The summed E-state index contributed by atoms with van der Waals surface area (Å²) in [4.78, 5) is 28.7. The van der Waals surface area contributed by atoms with Crippen molar-refractivity contribution in [2.45, 2.75) is 44.9 Å². The fraction of sp³-hybridized carbons (Fsp3) is 0.500. The van der Waals surface area contributed by atoms with Crippen molar-refractivity contribution in [2.24, 2.45) is 10.9 Å². The minimum Gasteiger partial charge on any atom is -0.298 e. The molecular formula is C18H23NO2. The SMILES string of the molecule is CCCCCN=CC1C(=O)CC(c2ccccc2)CC1=O. The summed E-state index contributed by atoms with van der Waals surface area (Å²) >= 11 is 0. The summed E-state index contributed by atoms with van der Waals surface area (Å²) in [5.41, 5.74) is 1.08. The molecule has 0 aliphatic heterocycles. The van der Waals surface area contributed by atoms with Crippen molar-refractivity contribution >= 4 is 17.8 Å². The number of aliphatic imine (C=N–C) groups is 1. The van der Waals surface area contributed by atoms with E-state index in [2.05, 4.69) is 11.9 Å². The summed E-state index contributed by atoms with van der Waals surface area (Å²) in [6.07, 6.45) is 5.79. The van der Waals surface area contributed by atoms with Crippen LogP contribution in [0.1, 0.15) is 50.5 Å². The normalized spacial score (nSPS) is 22.9. The molecule has 0 amide bonds. The van der Waals surface area contributed by atoms with Crippen LogP contribution in [0.25, 0.3) is 0 Å². The molecule has 0 spiro atoms. The Hall–Kier alpha value is -1.77. The van der Waals surface area contributed by atoms with E-state index in [9.17, 15) is 9.59 Å². The third kappa shape index (κ3) is 4.35. The van der Waals surface area contributed by atoms with Crippen molar-refractivity contribution in [3.05, 3.63) is 35.9 Å². The van der Waals surface area contributed by atoms with Crippen LogP contribution in [0, 0.1) is 5.92 Å². The Morgan fingerprint density at radius 1 is 1.10 bits per heavy atom. The second-order valence-electron chi connectivity index (χ2n) is 5.69. The molecule has 0 unspecified atom stereocenters. The summed E-state index contributed by atoms with van der Waals surface area (Å²) in [5, 5.41) is 0. The number of benzene rings is 1. The standard InChI is InChI=1S/C18H23NO2/c1-2-3-7-10-19-13-16-17(20)11-15(12-18(16)21)14-8-5-4-6-9-14/h4-6,8-9,13,15-16H,2-3,7,10-12H2,1H3. The zero-order valence-corrected chi connectivity index (χ0v) is 12.6. The van der Waals surface area contributed by atoms with Crippen LogP contribution in [-0.4, -0.2) is 24.3 Å². The van der Waals surface area contributed by atoms with Crippen LogP contribution in [0.2, 0.25) is 0 Å². The lowest BCUT2D eigenvalue weighted by atomic mass is 9.77. The van der Waals surface area contributed by atoms with Crippen LogP contribution in [0.15, 0.2) is 35.3 Å². The molecule has 0 N–H and O–H groups in total. The number of unbranched alkanes of at least 4 members (excludes halogenated alkanes) is 2. The molecule has 1 aliphatic carbocycles. The first-order chi connectivity index (χ1) is 10.2. The van der Waals surface area contributed by atoms with E-state index in [1.54, 1.807) is 6.21 Å². The third-order valence-electron chi connectivity index (χ3n) is 4.01. The van der Waals surface area contributed by atoms with E-state index < -0.39 is 5.92 Å². The highest BCUT2D eigenvalue weighted by Crippen LogP contribution is 2.31. The van der Waals surface area contributed by atoms with Crippen molar-refractivity contribution < 1.29 is 9.59 Å². The summed E-state index contributed by atoms with van der Waals surface area (Å²) in [6, 6.07) is 9.83. The molecule has 0 bridgehead atoms. The summed E-state index contributed by atoms with van der Waals surface area (Å²) in [7, 11) is 0. The molecule has 0 atom stereocenters. The molecule has 0 radical (unpaired) electrons. The monoisotopic (exact) mass is 285 g/mol. The van der Waals surface area contributed by atoms with Crippen molar-refractivity contribution in [2.75, 3.05) is 6.54 Å². The van der Waals surface area contributed by atoms with E-state index in [0.717, 1.165) is 24.8 Å². The van der Waals surface area contributed by atoms with Gasteiger partial charge in [0.15, 0.2) is 0 Å². The maximum absolute atomic E-state index is 12.2. The number of carbonyl (C=O) groups excluding carboxylic acids is 2. The highest BCUT2D eigenvalue weighted by Gasteiger charge is 2.34. The molecule has 1 fully saturated rings. The molecule has 0 heterocycles. The minimum absolute atomic E-state index is 0.0133. The Morgan fingerprint density at radius 2 is 1.76 bits per heavy atom. The van der Waals surface area contributed by atoms with E-state index in [0.29, 0.717) is 19.4 Å². The van der Waals surface area contributed by atoms with Crippen LogP contribution < -0.4 is 0 Å². The Morgan fingerprint density at radius 3 is 2.38 bits per heavy atom. The lowest BCUT2D eigenvalue weighted by Gasteiger charge is -2.24. The van der Waals surface area contributed by atoms with Crippen LogP contribution in [0.5, 0.6) is 0 Å². The number of rotatable bonds is 6. The number of Topliss-reactive ketones (excluding diaryl/α,β-unsaturated/α-hetero) is 2. The predicted octanol–water partition coefficient (Wildman–Crippen LogP) is 3.58. The number of hydrogen-bond donors (Lipinski definition) is 0. The number of nitrogens with zero attached hydrogens (tertiary/aromatic N) is 1. The molecule has 1 aliphatic rings. The van der Waals surface area contributed by atoms with Gasteiger partial charge in [-0.2, -0.15) is 0 Å². The molecule has 3 nitrogen and oxygen atoms in total. The van der Waals surface area contributed by atoms with Gasteiger partial charge in [0.1, 0.15) is 17.5 Å². The van der Waals surface area contributed by atoms with Gasteiger partial charge in [-0.25, -0.2) is 0 Å². The maximum atomic E-state index is 12.2. The lowest BCUT2D eigenvalue weighted by molar-refractivity contribution is -0.133. The van der Waals surface area contributed by atoms with Crippen LogP contribution in [0.3, 0.4) is 0 Å². The first-order valence-corrected chi connectivity index (χ1v) is 7.82. The number of ketones is 2. The van der Waals surface area contributed by atoms with Crippen LogP contribution in [-0.2, 0) is 9.59 Å². The molecule has 1 aromatic rings. The van der Waals surface area contributed by atoms with Gasteiger partial charge in [0.2, 0.25) is 0 Å². The first-order valence-electron chi connectivity index (χ1n) is 7.82. The smallest absolute Gasteiger partial charge is 0.149 e. The van der Waals surface area contributed by atoms with E-state index >= 15 is 0 Å². The van der Waals surface area contributed by atoms with Gasteiger partial charge in [-0.1, -0.05) is 50.1 Å².